The lowest BCUT2D eigenvalue weighted by atomic mass is 9.60. The van der Waals surface area contributed by atoms with E-state index in [2.05, 4.69) is 53.6 Å². The van der Waals surface area contributed by atoms with Crippen LogP contribution < -0.4 is 10.1 Å². The highest BCUT2D eigenvalue weighted by atomic mass is 35.5. The first-order chi connectivity index (χ1) is 18.9. The number of hydrogen-bond donors (Lipinski definition) is 3. The molecule has 1 atom stereocenters. The van der Waals surface area contributed by atoms with E-state index in [-0.39, 0.29) is 5.41 Å². The molecule has 6 rings (SSSR count). The maximum atomic E-state index is 12.6. The van der Waals surface area contributed by atoms with Crippen LogP contribution in [-0.4, -0.2) is 28.2 Å². The Bertz CT molecular complexity index is 1500. The number of benzene rings is 3. The summed E-state index contributed by atoms with van der Waals surface area (Å²) in [4.78, 5) is 16.0. The zero-order valence-electron chi connectivity index (χ0n) is 22.3. The Morgan fingerprint density at radius 2 is 1.85 bits per heavy atom. The molecule has 202 valence electrons. The van der Waals surface area contributed by atoms with Gasteiger partial charge in [-0.05, 0) is 111 Å². The lowest BCUT2D eigenvalue weighted by molar-refractivity contribution is -0.144. The van der Waals surface area contributed by atoms with E-state index < -0.39 is 11.5 Å². The van der Waals surface area contributed by atoms with Gasteiger partial charge in [-0.3, -0.25) is 0 Å². The fourth-order valence-electron chi connectivity index (χ4n) is 7.18. The molecular formula is C33H35ClN2O3. The average molecular weight is 543 g/mol. The molecule has 0 aliphatic heterocycles. The molecule has 1 saturated carbocycles. The van der Waals surface area contributed by atoms with Crippen molar-refractivity contribution in [3.05, 3.63) is 94.6 Å². The van der Waals surface area contributed by atoms with Crippen LogP contribution in [0.25, 0.3) is 10.9 Å². The van der Waals surface area contributed by atoms with E-state index in [4.69, 9.17) is 16.3 Å². The van der Waals surface area contributed by atoms with Gasteiger partial charge in [0, 0.05) is 27.3 Å². The standard InChI is InChI=1S/C33H35ClN2O3/c1-22-19-27-29(35-22)12-5-13-30(27)39-18-6-8-24-20-23-7-2-3-11-28(23)32(24)14-16-33(17-15-32,31(37)38)36-26-10-4-9-25(34)21-26/h2-5,7,9-13,19,21,24,35-36H,6,8,14-18,20H2,1H3,(H,37,38)/t24-,32?,33?/m1/s1. The number of nitrogens with one attached hydrogen (secondary N) is 2. The van der Waals surface area contributed by atoms with Gasteiger partial charge in [0.25, 0.3) is 0 Å². The molecule has 4 aromatic rings. The van der Waals surface area contributed by atoms with E-state index in [9.17, 15) is 9.90 Å². The smallest absolute Gasteiger partial charge is 0.329 e. The molecule has 3 aromatic carbocycles. The highest BCUT2D eigenvalue weighted by molar-refractivity contribution is 6.30. The normalized spacial score (nSPS) is 24.1. The number of anilines is 1. The van der Waals surface area contributed by atoms with Crippen molar-refractivity contribution < 1.29 is 14.6 Å². The van der Waals surface area contributed by atoms with Crippen LogP contribution in [0.2, 0.25) is 5.02 Å². The van der Waals surface area contributed by atoms with Crippen LogP contribution in [0.3, 0.4) is 0 Å². The van der Waals surface area contributed by atoms with Crippen LogP contribution in [0, 0.1) is 12.8 Å². The summed E-state index contributed by atoms with van der Waals surface area (Å²) in [5.41, 5.74) is 4.84. The van der Waals surface area contributed by atoms with E-state index in [0.29, 0.717) is 30.4 Å². The number of aryl methyl sites for hydroxylation is 1. The van der Waals surface area contributed by atoms with E-state index in [1.54, 1.807) is 12.1 Å². The minimum absolute atomic E-state index is 0.00329. The third-order valence-corrected chi connectivity index (χ3v) is 9.36. The Hall–Kier alpha value is -3.44. The summed E-state index contributed by atoms with van der Waals surface area (Å²) in [6.45, 7) is 2.73. The van der Waals surface area contributed by atoms with Crippen molar-refractivity contribution in [1.82, 2.24) is 4.98 Å². The average Bonchev–Trinajstić information content (AvgIpc) is 3.45. The topological polar surface area (TPSA) is 74.3 Å². The Morgan fingerprint density at radius 1 is 1.05 bits per heavy atom. The van der Waals surface area contributed by atoms with Gasteiger partial charge in [-0.15, -0.1) is 0 Å². The van der Waals surface area contributed by atoms with Crippen molar-refractivity contribution in [2.24, 2.45) is 5.92 Å². The molecule has 0 radical (unpaired) electrons. The number of rotatable bonds is 8. The van der Waals surface area contributed by atoms with Gasteiger partial charge in [0.2, 0.25) is 0 Å². The quantitative estimate of drug-likeness (QED) is 0.198. The molecule has 1 aromatic heterocycles. The number of aromatic amines is 1. The summed E-state index contributed by atoms with van der Waals surface area (Å²) >= 11 is 6.19. The summed E-state index contributed by atoms with van der Waals surface area (Å²) in [7, 11) is 0. The van der Waals surface area contributed by atoms with E-state index in [1.807, 2.05) is 24.3 Å². The van der Waals surface area contributed by atoms with Gasteiger partial charge in [0.05, 0.1) is 6.61 Å². The van der Waals surface area contributed by atoms with Crippen molar-refractivity contribution in [2.45, 2.75) is 62.8 Å². The summed E-state index contributed by atoms with van der Waals surface area (Å²) in [6, 6.07) is 24.4. The fraction of sp³-hybridized carbons (Fsp3) is 0.364. The molecule has 1 spiro atoms. The van der Waals surface area contributed by atoms with Crippen molar-refractivity contribution in [1.29, 1.82) is 0 Å². The molecule has 0 saturated heterocycles. The second-order valence-electron chi connectivity index (χ2n) is 11.4. The first kappa shape index (κ1) is 25.8. The third-order valence-electron chi connectivity index (χ3n) is 9.13. The Morgan fingerprint density at radius 3 is 2.64 bits per heavy atom. The summed E-state index contributed by atoms with van der Waals surface area (Å²) < 4.78 is 6.27. The molecule has 39 heavy (non-hydrogen) atoms. The molecule has 0 bridgehead atoms. The van der Waals surface area contributed by atoms with Gasteiger partial charge in [-0.25, -0.2) is 4.79 Å². The Balaban J connectivity index is 1.17. The molecule has 1 heterocycles. The number of fused-ring (bicyclic) bond motifs is 3. The van der Waals surface area contributed by atoms with Gasteiger partial charge < -0.3 is 20.1 Å². The molecule has 0 unspecified atom stereocenters. The molecule has 6 heteroatoms. The fourth-order valence-corrected chi connectivity index (χ4v) is 7.37. The number of aliphatic carboxylic acids is 1. The molecule has 3 N–H and O–H groups in total. The van der Waals surface area contributed by atoms with Crippen LogP contribution in [0.5, 0.6) is 5.75 Å². The first-order valence-corrected chi connectivity index (χ1v) is 14.3. The monoisotopic (exact) mass is 542 g/mol. The Labute approximate surface area is 234 Å². The van der Waals surface area contributed by atoms with E-state index in [0.717, 1.165) is 60.1 Å². The predicted molar refractivity (Wildman–Crippen MR) is 157 cm³/mol. The molecule has 5 nitrogen and oxygen atoms in total. The summed E-state index contributed by atoms with van der Waals surface area (Å²) in [5, 5.41) is 15.4. The van der Waals surface area contributed by atoms with Crippen LogP contribution in [0.15, 0.2) is 72.8 Å². The number of hydrogen-bond acceptors (Lipinski definition) is 3. The predicted octanol–water partition coefficient (Wildman–Crippen LogP) is 7.91. The van der Waals surface area contributed by atoms with Crippen molar-refractivity contribution in [3.8, 4) is 5.75 Å². The lowest BCUT2D eigenvalue weighted by Crippen LogP contribution is -2.53. The zero-order chi connectivity index (χ0) is 27.0. The number of H-pyrrole nitrogens is 1. The van der Waals surface area contributed by atoms with Gasteiger partial charge in [0.1, 0.15) is 11.3 Å². The minimum atomic E-state index is -0.992. The summed E-state index contributed by atoms with van der Waals surface area (Å²) in [6.07, 6.45) is 5.90. The summed E-state index contributed by atoms with van der Waals surface area (Å²) in [5.74, 6) is 0.613. The number of halogens is 1. The van der Waals surface area contributed by atoms with E-state index >= 15 is 0 Å². The largest absolute Gasteiger partial charge is 0.493 e. The molecule has 2 aliphatic carbocycles. The maximum absolute atomic E-state index is 12.6. The third kappa shape index (κ3) is 4.78. The minimum Gasteiger partial charge on any atom is -0.493 e. The molecular weight excluding hydrogens is 508 g/mol. The molecule has 2 aliphatic rings. The van der Waals surface area contributed by atoms with Gasteiger partial charge in [0.15, 0.2) is 0 Å². The Kier molecular flexibility index (Phi) is 6.80. The molecule has 1 fully saturated rings. The second-order valence-corrected chi connectivity index (χ2v) is 11.8. The van der Waals surface area contributed by atoms with Crippen molar-refractivity contribution >= 4 is 34.2 Å². The van der Waals surface area contributed by atoms with Crippen molar-refractivity contribution in [2.75, 3.05) is 11.9 Å². The van der Waals surface area contributed by atoms with Crippen LogP contribution >= 0.6 is 11.6 Å². The number of carboxylic acid groups (broad SMARTS) is 1. The van der Waals surface area contributed by atoms with Gasteiger partial charge >= 0.3 is 5.97 Å². The van der Waals surface area contributed by atoms with Gasteiger partial charge in [-0.2, -0.15) is 0 Å². The molecule has 0 amide bonds. The lowest BCUT2D eigenvalue weighted by Gasteiger charge is -2.47. The number of carboxylic acids is 1. The van der Waals surface area contributed by atoms with E-state index in [1.165, 1.54) is 11.1 Å². The maximum Gasteiger partial charge on any atom is 0.329 e. The van der Waals surface area contributed by atoms with Crippen LogP contribution in [0.4, 0.5) is 5.69 Å². The highest BCUT2D eigenvalue weighted by Gasteiger charge is 2.53. The van der Waals surface area contributed by atoms with Gasteiger partial charge in [-0.1, -0.05) is 48.0 Å². The zero-order valence-corrected chi connectivity index (χ0v) is 23.1. The number of carbonyl (C=O) groups is 1. The SMILES string of the molecule is Cc1cc2c(OCCC[C@@H]3Cc4ccccc4C34CCC(Nc3cccc(Cl)c3)(C(=O)O)CC4)cccc2[nH]1. The second kappa shape index (κ2) is 10.3. The number of ether oxygens (including phenoxy) is 1. The van der Waals surface area contributed by atoms with Crippen LogP contribution in [-0.2, 0) is 16.6 Å². The number of aromatic nitrogens is 1. The van der Waals surface area contributed by atoms with Crippen LogP contribution in [0.1, 0.15) is 55.3 Å². The van der Waals surface area contributed by atoms with Crippen molar-refractivity contribution in [3.63, 3.8) is 0 Å². The first-order valence-electron chi connectivity index (χ1n) is 14.0. The highest BCUT2D eigenvalue weighted by Crippen LogP contribution is 2.55.